The number of thiophene rings is 1. The molecule has 116 valence electrons. The Kier molecular flexibility index (Phi) is 4.64. The van der Waals surface area contributed by atoms with Gasteiger partial charge in [-0.3, -0.25) is 4.79 Å². The van der Waals surface area contributed by atoms with Crippen LogP contribution in [0.2, 0.25) is 0 Å². The number of sulfonamides is 1. The van der Waals surface area contributed by atoms with Gasteiger partial charge in [-0.1, -0.05) is 12.8 Å². The molecule has 0 atom stereocenters. The van der Waals surface area contributed by atoms with E-state index in [-0.39, 0.29) is 22.4 Å². The summed E-state index contributed by atoms with van der Waals surface area (Å²) in [6.45, 7) is -0.384. The van der Waals surface area contributed by atoms with E-state index in [9.17, 15) is 18.0 Å². The molecule has 0 bridgehead atoms. The fourth-order valence-electron chi connectivity index (χ4n) is 2.46. The Balaban J connectivity index is 2.35. The molecule has 3 N–H and O–H groups in total. The Morgan fingerprint density at radius 2 is 2.00 bits per heavy atom. The van der Waals surface area contributed by atoms with Crippen molar-refractivity contribution in [3.8, 4) is 0 Å². The van der Waals surface area contributed by atoms with Crippen LogP contribution in [0, 0.1) is 0 Å². The van der Waals surface area contributed by atoms with Gasteiger partial charge in [0, 0.05) is 11.4 Å². The van der Waals surface area contributed by atoms with Gasteiger partial charge in [0.05, 0.1) is 11.4 Å². The van der Waals surface area contributed by atoms with Gasteiger partial charge in [-0.25, -0.2) is 13.2 Å². The fourth-order valence-corrected chi connectivity index (χ4v) is 5.21. The van der Waals surface area contributed by atoms with E-state index in [2.05, 4.69) is 0 Å². The molecule has 7 nitrogen and oxygen atoms in total. The molecule has 0 aromatic carbocycles. The van der Waals surface area contributed by atoms with Crippen LogP contribution in [0.3, 0.4) is 0 Å². The molecule has 1 fully saturated rings. The maximum Gasteiger partial charge on any atom is 0.345 e. The molecule has 1 aromatic heterocycles. The van der Waals surface area contributed by atoms with E-state index >= 15 is 0 Å². The van der Waals surface area contributed by atoms with Crippen LogP contribution < -0.4 is 5.73 Å². The second kappa shape index (κ2) is 6.12. The van der Waals surface area contributed by atoms with Crippen LogP contribution in [0.5, 0.6) is 0 Å². The van der Waals surface area contributed by atoms with E-state index in [1.807, 2.05) is 0 Å². The van der Waals surface area contributed by atoms with Gasteiger partial charge >= 0.3 is 5.97 Å². The van der Waals surface area contributed by atoms with Gasteiger partial charge < -0.3 is 10.8 Å². The zero-order valence-corrected chi connectivity index (χ0v) is 12.8. The SMILES string of the molecule is NC(=O)CN(C1CCCC1)S(=O)(=O)c1csc(C(=O)O)c1. The molecule has 2 rings (SSSR count). The van der Waals surface area contributed by atoms with Crippen LogP contribution in [0.4, 0.5) is 0 Å². The predicted molar refractivity (Wildman–Crippen MR) is 76.6 cm³/mol. The van der Waals surface area contributed by atoms with Gasteiger partial charge in [0.2, 0.25) is 15.9 Å². The van der Waals surface area contributed by atoms with Crippen LogP contribution in [-0.4, -0.2) is 42.3 Å². The minimum Gasteiger partial charge on any atom is -0.477 e. The van der Waals surface area contributed by atoms with Gasteiger partial charge in [0.1, 0.15) is 4.88 Å². The maximum atomic E-state index is 12.6. The maximum absolute atomic E-state index is 12.6. The molecule has 1 amide bonds. The number of carbonyl (C=O) groups is 2. The molecule has 0 unspecified atom stereocenters. The van der Waals surface area contributed by atoms with Crippen molar-refractivity contribution < 1.29 is 23.1 Å². The third-order valence-corrected chi connectivity index (χ3v) is 6.38. The van der Waals surface area contributed by atoms with Crippen molar-refractivity contribution in [1.82, 2.24) is 4.31 Å². The Bertz CT molecular complexity index is 646. The molecule has 9 heteroatoms. The van der Waals surface area contributed by atoms with Crippen LogP contribution in [0.1, 0.15) is 35.4 Å². The highest BCUT2D eigenvalue weighted by atomic mass is 32.2. The summed E-state index contributed by atoms with van der Waals surface area (Å²) in [7, 11) is -3.91. The van der Waals surface area contributed by atoms with Gasteiger partial charge in [0.25, 0.3) is 0 Å². The first-order valence-electron chi connectivity index (χ1n) is 6.44. The van der Waals surface area contributed by atoms with Crippen LogP contribution in [-0.2, 0) is 14.8 Å². The van der Waals surface area contributed by atoms with Gasteiger partial charge in [0.15, 0.2) is 0 Å². The van der Waals surface area contributed by atoms with Crippen LogP contribution in [0.15, 0.2) is 16.3 Å². The normalized spacial score (nSPS) is 16.4. The summed E-state index contributed by atoms with van der Waals surface area (Å²) in [6, 6.07) is 0.862. The molecule has 0 spiro atoms. The summed E-state index contributed by atoms with van der Waals surface area (Å²) in [5.74, 6) is -1.90. The minimum absolute atomic E-state index is 0.0565. The molecule has 1 aliphatic rings. The average molecular weight is 332 g/mol. The summed E-state index contributed by atoms with van der Waals surface area (Å²) >= 11 is 0.842. The number of aromatic carboxylic acids is 1. The van der Waals surface area contributed by atoms with E-state index in [4.69, 9.17) is 10.8 Å². The van der Waals surface area contributed by atoms with Crippen molar-refractivity contribution in [2.45, 2.75) is 36.6 Å². The highest BCUT2D eigenvalue weighted by Crippen LogP contribution is 2.30. The lowest BCUT2D eigenvalue weighted by atomic mass is 10.2. The zero-order valence-electron chi connectivity index (χ0n) is 11.2. The monoisotopic (exact) mass is 332 g/mol. The lowest BCUT2D eigenvalue weighted by Gasteiger charge is -2.26. The number of amides is 1. The summed E-state index contributed by atoms with van der Waals surface area (Å²) in [5, 5.41) is 10.2. The first-order valence-corrected chi connectivity index (χ1v) is 8.76. The smallest absolute Gasteiger partial charge is 0.345 e. The molecule has 1 saturated carbocycles. The lowest BCUT2D eigenvalue weighted by molar-refractivity contribution is -0.118. The van der Waals surface area contributed by atoms with Crippen molar-refractivity contribution in [3.05, 3.63) is 16.3 Å². The Labute approximate surface area is 126 Å². The van der Waals surface area contributed by atoms with Crippen molar-refractivity contribution in [3.63, 3.8) is 0 Å². The third-order valence-electron chi connectivity index (χ3n) is 3.44. The Morgan fingerprint density at radius 1 is 1.38 bits per heavy atom. The summed E-state index contributed by atoms with van der Waals surface area (Å²) in [4.78, 5) is 21.9. The Morgan fingerprint density at radius 3 is 2.48 bits per heavy atom. The second-order valence-corrected chi connectivity index (χ2v) is 7.71. The number of nitrogens with two attached hydrogens (primary N) is 1. The van der Waals surface area contributed by atoms with Crippen LogP contribution in [0.25, 0.3) is 0 Å². The van der Waals surface area contributed by atoms with Gasteiger partial charge in [-0.05, 0) is 18.9 Å². The van der Waals surface area contributed by atoms with E-state index in [1.54, 1.807) is 0 Å². The van der Waals surface area contributed by atoms with E-state index in [0.717, 1.165) is 34.6 Å². The Hall–Kier alpha value is -1.45. The largest absolute Gasteiger partial charge is 0.477 e. The third kappa shape index (κ3) is 3.42. The minimum atomic E-state index is -3.91. The second-order valence-electron chi connectivity index (χ2n) is 4.91. The molecule has 1 aliphatic carbocycles. The number of carboxylic acid groups (broad SMARTS) is 1. The van der Waals surface area contributed by atoms with Gasteiger partial charge in [-0.2, -0.15) is 4.31 Å². The van der Waals surface area contributed by atoms with E-state index in [0.29, 0.717) is 12.8 Å². The molecular weight excluding hydrogens is 316 g/mol. The molecule has 1 aromatic rings. The summed E-state index contributed by atoms with van der Waals surface area (Å²) in [6.07, 6.45) is 3.17. The molecule has 0 radical (unpaired) electrons. The predicted octanol–water partition coefficient (Wildman–Crippen LogP) is 0.865. The molecule has 0 aliphatic heterocycles. The first kappa shape index (κ1) is 15.9. The number of nitrogens with zero attached hydrogens (tertiary/aromatic N) is 1. The highest BCUT2D eigenvalue weighted by Gasteiger charge is 2.35. The summed E-state index contributed by atoms with van der Waals surface area (Å²) in [5.41, 5.74) is 5.15. The van der Waals surface area contributed by atoms with Crippen molar-refractivity contribution >= 4 is 33.2 Å². The number of rotatable bonds is 6. The molecule has 21 heavy (non-hydrogen) atoms. The average Bonchev–Trinajstić information content (AvgIpc) is 3.06. The standard InChI is InChI=1S/C12H16N2O5S2/c13-11(15)6-14(8-3-1-2-4-8)21(18,19)9-5-10(12(16)17)20-7-9/h5,7-8H,1-4,6H2,(H2,13,15)(H,16,17). The van der Waals surface area contributed by atoms with Gasteiger partial charge in [-0.15, -0.1) is 11.3 Å². The lowest BCUT2D eigenvalue weighted by Crippen LogP contribution is -2.43. The number of hydrogen-bond donors (Lipinski definition) is 2. The van der Waals surface area contributed by atoms with Crippen LogP contribution >= 0.6 is 11.3 Å². The van der Waals surface area contributed by atoms with E-state index in [1.165, 1.54) is 5.38 Å². The first-order chi connectivity index (χ1) is 9.82. The number of carboxylic acids is 1. The van der Waals surface area contributed by atoms with E-state index < -0.39 is 21.9 Å². The summed E-state index contributed by atoms with van der Waals surface area (Å²) < 4.78 is 26.4. The van der Waals surface area contributed by atoms with Crippen molar-refractivity contribution in [2.24, 2.45) is 5.73 Å². The fraction of sp³-hybridized carbons (Fsp3) is 0.500. The topological polar surface area (TPSA) is 118 Å². The zero-order chi connectivity index (χ0) is 15.6. The molecule has 0 saturated heterocycles. The number of hydrogen-bond acceptors (Lipinski definition) is 5. The quantitative estimate of drug-likeness (QED) is 0.801. The molecule has 1 heterocycles. The van der Waals surface area contributed by atoms with Crippen molar-refractivity contribution in [2.75, 3.05) is 6.54 Å². The number of carbonyl (C=O) groups excluding carboxylic acids is 1. The van der Waals surface area contributed by atoms with Crippen molar-refractivity contribution in [1.29, 1.82) is 0 Å². The highest BCUT2D eigenvalue weighted by molar-refractivity contribution is 7.89. The number of primary amides is 1. The molecular formula is C12H16N2O5S2.